The lowest BCUT2D eigenvalue weighted by Gasteiger charge is -2.26. The molecule has 0 saturated heterocycles. The summed E-state index contributed by atoms with van der Waals surface area (Å²) in [7, 11) is -4.08. The van der Waals surface area contributed by atoms with Gasteiger partial charge in [-0.15, -0.1) is 0 Å². The lowest BCUT2D eigenvalue weighted by Crippen LogP contribution is -2.48. The number of benzene rings is 1. The minimum atomic E-state index is -4.08. The molecule has 1 aromatic rings. The third-order valence-corrected chi connectivity index (χ3v) is 5.05. The summed E-state index contributed by atoms with van der Waals surface area (Å²) in [6.45, 7) is 2.82. The zero-order chi connectivity index (χ0) is 15.6. The summed E-state index contributed by atoms with van der Waals surface area (Å²) in [6.07, 6.45) is 0.343. The number of nitro groups is 1. The normalized spacial score (nSPS) is 14.8. The number of hydrogen-bond acceptors (Lipinski definition) is 5. The second-order valence-corrected chi connectivity index (χ2v) is 6.61. The second-order valence-electron chi connectivity index (χ2n) is 4.55. The minimum absolute atomic E-state index is 0.125. The second kappa shape index (κ2) is 6.04. The molecule has 20 heavy (non-hydrogen) atoms. The van der Waals surface area contributed by atoms with Gasteiger partial charge in [0, 0.05) is 12.1 Å². The van der Waals surface area contributed by atoms with Crippen molar-refractivity contribution in [2.75, 3.05) is 6.61 Å². The first kappa shape index (κ1) is 16.8. The fourth-order valence-corrected chi connectivity index (χ4v) is 3.40. The van der Waals surface area contributed by atoms with E-state index in [1.807, 2.05) is 0 Å². The Balaban J connectivity index is 3.28. The smallest absolute Gasteiger partial charge is 0.270 e. The van der Waals surface area contributed by atoms with E-state index in [0.29, 0.717) is 6.42 Å². The fraction of sp³-hybridized carbons (Fsp3) is 0.455. The number of halogens is 1. The van der Waals surface area contributed by atoms with Gasteiger partial charge in [-0.1, -0.05) is 18.5 Å². The van der Waals surface area contributed by atoms with Crippen molar-refractivity contribution in [3.05, 3.63) is 33.3 Å². The predicted octanol–water partition coefficient (Wildman–Crippen LogP) is 1.69. The number of aliphatic hydroxyl groups excluding tert-OH is 1. The van der Waals surface area contributed by atoms with E-state index in [1.165, 1.54) is 6.92 Å². The minimum Gasteiger partial charge on any atom is -0.394 e. The van der Waals surface area contributed by atoms with Crippen molar-refractivity contribution in [1.82, 2.24) is 4.72 Å². The number of sulfonamides is 1. The van der Waals surface area contributed by atoms with Crippen molar-refractivity contribution in [3.8, 4) is 0 Å². The van der Waals surface area contributed by atoms with Gasteiger partial charge < -0.3 is 5.11 Å². The highest BCUT2D eigenvalue weighted by Gasteiger charge is 2.30. The largest absolute Gasteiger partial charge is 0.394 e. The number of nitrogens with zero attached hydrogens (tertiary/aromatic N) is 1. The summed E-state index contributed by atoms with van der Waals surface area (Å²) in [5.41, 5.74) is -1.44. The summed E-state index contributed by atoms with van der Waals surface area (Å²) in [5, 5.41) is 19.8. The van der Waals surface area contributed by atoms with Crippen LogP contribution in [0.3, 0.4) is 0 Å². The van der Waals surface area contributed by atoms with Gasteiger partial charge in [-0.25, -0.2) is 13.1 Å². The summed E-state index contributed by atoms with van der Waals surface area (Å²) in [5.74, 6) is 0. The average Bonchev–Trinajstić information content (AvgIpc) is 2.38. The topological polar surface area (TPSA) is 110 Å². The molecule has 0 heterocycles. The first-order valence-corrected chi connectivity index (χ1v) is 7.60. The number of rotatable bonds is 6. The van der Waals surface area contributed by atoms with Crippen LogP contribution < -0.4 is 4.72 Å². The molecule has 1 rings (SSSR count). The molecular formula is C11H15ClN2O5S. The van der Waals surface area contributed by atoms with Crippen LogP contribution in [0.2, 0.25) is 5.02 Å². The van der Waals surface area contributed by atoms with E-state index in [9.17, 15) is 23.6 Å². The van der Waals surface area contributed by atoms with Gasteiger partial charge in [-0.05, 0) is 19.4 Å². The van der Waals surface area contributed by atoms with Crippen LogP contribution in [0.4, 0.5) is 5.69 Å². The van der Waals surface area contributed by atoms with E-state index < -0.39 is 27.1 Å². The Bertz CT molecular complexity index is 613. The molecule has 0 saturated carbocycles. The lowest BCUT2D eigenvalue weighted by molar-refractivity contribution is -0.385. The Kier molecular flexibility index (Phi) is 5.09. The highest BCUT2D eigenvalue weighted by molar-refractivity contribution is 7.89. The third kappa shape index (κ3) is 3.66. The summed E-state index contributed by atoms with van der Waals surface area (Å²) < 4.78 is 26.8. The number of non-ortho nitro benzene ring substituents is 1. The zero-order valence-electron chi connectivity index (χ0n) is 11.0. The molecule has 2 N–H and O–H groups in total. The van der Waals surface area contributed by atoms with Crippen LogP contribution in [0.25, 0.3) is 0 Å². The quantitative estimate of drug-likeness (QED) is 0.611. The molecule has 0 aliphatic heterocycles. The van der Waals surface area contributed by atoms with E-state index in [-0.39, 0.29) is 15.6 Å². The van der Waals surface area contributed by atoms with Gasteiger partial charge >= 0.3 is 0 Å². The van der Waals surface area contributed by atoms with Gasteiger partial charge in [-0.2, -0.15) is 0 Å². The molecule has 1 atom stereocenters. The highest BCUT2D eigenvalue weighted by atomic mass is 35.5. The van der Waals surface area contributed by atoms with Crippen molar-refractivity contribution in [2.45, 2.75) is 30.7 Å². The van der Waals surface area contributed by atoms with Gasteiger partial charge in [0.1, 0.15) is 4.90 Å². The molecule has 0 radical (unpaired) electrons. The summed E-state index contributed by atoms with van der Waals surface area (Å²) >= 11 is 5.80. The van der Waals surface area contributed by atoms with Crippen LogP contribution in [0.5, 0.6) is 0 Å². The van der Waals surface area contributed by atoms with Crippen molar-refractivity contribution in [2.24, 2.45) is 0 Å². The van der Waals surface area contributed by atoms with Gasteiger partial charge in [0.25, 0.3) is 5.69 Å². The van der Waals surface area contributed by atoms with E-state index >= 15 is 0 Å². The maximum Gasteiger partial charge on any atom is 0.270 e. The van der Waals surface area contributed by atoms with Crippen LogP contribution in [-0.2, 0) is 10.0 Å². The zero-order valence-corrected chi connectivity index (χ0v) is 12.5. The first-order valence-electron chi connectivity index (χ1n) is 5.74. The molecular weight excluding hydrogens is 308 g/mol. The Labute approximate surface area is 121 Å². The molecule has 0 aromatic heterocycles. The number of nitrogens with one attached hydrogen (secondary N) is 1. The van der Waals surface area contributed by atoms with E-state index in [4.69, 9.17) is 11.6 Å². The fourth-order valence-electron chi connectivity index (χ4n) is 1.41. The summed E-state index contributed by atoms with van der Waals surface area (Å²) in [4.78, 5) is 9.60. The molecule has 1 aromatic carbocycles. The van der Waals surface area contributed by atoms with Gasteiger partial charge in [0.05, 0.1) is 22.1 Å². The molecule has 0 aliphatic carbocycles. The number of nitro benzene ring substituents is 1. The van der Waals surface area contributed by atoms with Crippen LogP contribution in [0, 0.1) is 10.1 Å². The standard InChI is InChI=1S/C11H15ClN2O5S/c1-3-11(2,7-15)13-20(18,19)10-6-8(14(16)17)4-5-9(10)12/h4-6,13,15H,3,7H2,1-2H3. The van der Waals surface area contributed by atoms with Crippen molar-refractivity contribution in [3.63, 3.8) is 0 Å². The van der Waals surface area contributed by atoms with Crippen LogP contribution >= 0.6 is 11.6 Å². The predicted molar refractivity (Wildman–Crippen MR) is 74.2 cm³/mol. The number of hydrogen-bond donors (Lipinski definition) is 2. The van der Waals surface area contributed by atoms with Gasteiger partial charge in [0.2, 0.25) is 10.0 Å². The Morgan fingerprint density at radius 2 is 2.10 bits per heavy atom. The Morgan fingerprint density at radius 3 is 2.55 bits per heavy atom. The molecule has 0 fully saturated rings. The van der Waals surface area contributed by atoms with Crippen molar-refractivity contribution >= 4 is 27.3 Å². The number of aliphatic hydroxyl groups is 1. The van der Waals surface area contributed by atoms with Crippen LogP contribution in [0.15, 0.2) is 23.1 Å². The monoisotopic (exact) mass is 322 g/mol. The maximum absolute atomic E-state index is 12.2. The van der Waals surface area contributed by atoms with Gasteiger partial charge in [-0.3, -0.25) is 10.1 Å². The van der Waals surface area contributed by atoms with E-state index in [2.05, 4.69) is 4.72 Å². The Morgan fingerprint density at radius 1 is 1.50 bits per heavy atom. The molecule has 0 bridgehead atoms. The molecule has 0 aliphatic rings. The maximum atomic E-state index is 12.2. The van der Waals surface area contributed by atoms with Crippen molar-refractivity contribution in [1.29, 1.82) is 0 Å². The van der Waals surface area contributed by atoms with Crippen LogP contribution in [0.1, 0.15) is 20.3 Å². The highest BCUT2D eigenvalue weighted by Crippen LogP contribution is 2.27. The molecule has 7 nitrogen and oxygen atoms in total. The third-order valence-electron chi connectivity index (χ3n) is 2.93. The molecule has 112 valence electrons. The van der Waals surface area contributed by atoms with Gasteiger partial charge in [0.15, 0.2) is 0 Å². The molecule has 1 unspecified atom stereocenters. The SMILES string of the molecule is CCC(C)(CO)NS(=O)(=O)c1cc([N+](=O)[O-])ccc1Cl. The molecule has 9 heteroatoms. The molecule has 0 spiro atoms. The summed E-state index contributed by atoms with van der Waals surface area (Å²) in [6, 6.07) is 3.15. The average molecular weight is 323 g/mol. The van der Waals surface area contributed by atoms with E-state index in [1.54, 1.807) is 6.92 Å². The Hall–Kier alpha value is -1.22. The first-order chi connectivity index (χ1) is 9.15. The van der Waals surface area contributed by atoms with E-state index in [0.717, 1.165) is 18.2 Å². The lowest BCUT2D eigenvalue weighted by atomic mass is 10.0. The molecule has 0 amide bonds. The van der Waals surface area contributed by atoms with Crippen molar-refractivity contribution < 1.29 is 18.4 Å². The van der Waals surface area contributed by atoms with Crippen LogP contribution in [-0.4, -0.2) is 30.6 Å².